The van der Waals surface area contributed by atoms with Gasteiger partial charge in [0.15, 0.2) is 0 Å². The van der Waals surface area contributed by atoms with Crippen LogP contribution in [-0.4, -0.2) is 52.4 Å². The number of H-pyrrole nitrogens is 1. The highest BCUT2D eigenvalue weighted by Crippen LogP contribution is 2.15. The molecule has 1 aliphatic heterocycles. The summed E-state index contributed by atoms with van der Waals surface area (Å²) in [6.07, 6.45) is 0.923. The Morgan fingerprint density at radius 3 is 2.69 bits per heavy atom. The molecule has 1 fully saturated rings. The third-order valence-corrected chi connectivity index (χ3v) is 5.44. The molecule has 2 heterocycles. The minimum absolute atomic E-state index is 0.128. The van der Waals surface area contributed by atoms with Crippen molar-refractivity contribution in [1.29, 1.82) is 0 Å². The van der Waals surface area contributed by atoms with Gasteiger partial charge in [-0.3, -0.25) is 14.5 Å². The van der Waals surface area contributed by atoms with E-state index < -0.39 is 12.1 Å². The quantitative estimate of drug-likeness (QED) is 0.445. The highest BCUT2D eigenvalue weighted by molar-refractivity contribution is 6.04. The number of nitrogens with one attached hydrogen (secondary N) is 3. The van der Waals surface area contributed by atoms with E-state index in [4.69, 9.17) is 4.74 Å². The van der Waals surface area contributed by atoms with Gasteiger partial charge in [0.1, 0.15) is 17.6 Å². The number of aromatic nitrogens is 2. The van der Waals surface area contributed by atoms with Crippen molar-refractivity contribution in [2.75, 3.05) is 13.7 Å². The van der Waals surface area contributed by atoms with Crippen LogP contribution in [0.2, 0.25) is 0 Å². The Hall–Kier alpha value is -3.88. The second-order valence-corrected chi connectivity index (χ2v) is 7.61. The van der Waals surface area contributed by atoms with Crippen molar-refractivity contribution in [3.05, 3.63) is 59.9 Å². The molecule has 4 rings (SSSR count). The first-order chi connectivity index (χ1) is 15.5. The summed E-state index contributed by atoms with van der Waals surface area (Å²) < 4.78 is 5.13. The number of nitrogens with zero attached hydrogens (tertiary/aromatic N) is 2. The van der Waals surface area contributed by atoms with Gasteiger partial charge in [0.2, 0.25) is 5.91 Å². The largest absolute Gasteiger partial charge is 0.497 e. The van der Waals surface area contributed by atoms with Crippen LogP contribution in [0.5, 0.6) is 5.75 Å². The average molecular weight is 435 g/mol. The molecule has 32 heavy (non-hydrogen) atoms. The topological polar surface area (TPSA) is 116 Å². The van der Waals surface area contributed by atoms with Crippen molar-refractivity contribution in [2.24, 2.45) is 0 Å². The molecule has 3 aromatic rings. The van der Waals surface area contributed by atoms with Crippen LogP contribution in [0.15, 0.2) is 48.5 Å². The van der Waals surface area contributed by atoms with Crippen molar-refractivity contribution in [3.63, 3.8) is 0 Å². The number of hydrogen-bond donors (Lipinski definition) is 3. The third kappa shape index (κ3) is 4.88. The summed E-state index contributed by atoms with van der Waals surface area (Å²) in [7, 11) is 1.60. The number of aromatic amines is 1. The molecule has 9 nitrogen and oxygen atoms in total. The van der Waals surface area contributed by atoms with Crippen LogP contribution in [0.1, 0.15) is 24.2 Å². The molecule has 1 atom stereocenters. The number of hydrogen-bond acceptors (Lipinski definition) is 5. The smallest absolute Gasteiger partial charge is 0.324 e. The lowest BCUT2D eigenvalue weighted by Crippen LogP contribution is -2.34. The van der Waals surface area contributed by atoms with Crippen LogP contribution in [0.3, 0.4) is 0 Å². The summed E-state index contributed by atoms with van der Waals surface area (Å²) >= 11 is 0. The fourth-order valence-electron chi connectivity index (χ4n) is 3.65. The Balaban J connectivity index is 1.23. The van der Waals surface area contributed by atoms with Crippen LogP contribution in [0.4, 0.5) is 4.79 Å². The Morgan fingerprint density at radius 2 is 1.94 bits per heavy atom. The highest BCUT2D eigenvalue weighted by atomic mass is 16.5. The van der Waals surface area contributed by atoms with Crippen LogP contribution >= 0.6 is 0 Å². The number of fused-ring (bicyclic) bond motifs is 1. The Labute approximate surface area is 185 Å². The second-order valence-electron chi connectivity index (χ2n) is 7.61. The van der Waals surface area contributed by atoms with Gasteiger partial charge in [-0.2, -0.15) is 0 Å². The zero-order valence-corrected chi connectivity index (χ0v) is 17.8. The van der Waals surface area contributed by atoms with E-state index in [1.165, 1.54) is 4.90 Å². The lowest BCUT2D eigenvalue weighted by molar-refractivity contribution is -0.127. The Morgan fingerprint density at radius 1 is 1.16 bits per heavy atom. The molecule has 0 spiro atoms. The summed E-state index contributed by atoms with van der Waals surface area (Å²) in [4.78, 5) is 45.8. The summed E-state index contributed by atoms with van der Waals surface area (Å²) in [5.41, 5.74) is 2.75. The molecule has 0 radical (unpaired) electrons. The van der Waals surface area contributed by atoms with Crippen LogP contribution < -0.4 is 15.4 Å². The lowest BCUT2D eigenvalue weighted by Gasteiger charge is -2.13. The van der Waals surface area contributed by atoms with Crippen molar-refractivity contribution in [3.8, 4) is 5.75 Å². The number of carbonyl (C=O) groups is 3. The van der Waals surface area contributed by atoms with Crippen molar-refractivity contribution >= 4 is 28.9 Å². The standard InChI is InChI=1S/C23H25N5O4/c1-32-16-8-6-15(7-9-16)12-13-28-22(30)19(27-23(28)31)10-11-21(29)24-14-20-25-17-4-2-3-5-18(17)26-20/h2-9,19H,10-14H2,1H3,(H,24,29)(H,25,26)(H,27,31)/t19-/m1/s1. The predicted molar refractivity (Wildman–Crippen MR) is 118 cm³/mol. The van der Waals surface area contributed by atoms with Gasteiger partial charge in [-0.1, -0.05) is 24.3 Å². The van der Waals surface area contributed by atoms with Crippen molar-refractivity contribution in [1.82, 2.24) is 25.5 Å². The van der Waals surface area contributed by atoms with Gasteiger partial charge in [-0.05, 0) is 42.7 Å². The first-order valence-electron chi connectivity index (χ1n) is 10.5. The van der Waals surface area contributed by atoms with E-state index in [9.17, 15) is 14.4 Å². The Bertz CT molecular complexity index is 1090. The maximum absolute atomic E-state index is 12.6. The number of imidazole rings is 1. The molecule has 2 aromatic carbocycles. The summed E-state index contributed by atoms with van der Waals surface area (Å²) in [6, 6.07) is 14.0. The van der Waals surface area contributed by atoms with Gasteiger partial charge in [0.05, 0.1) is 24.7 Å². The second kappa shape index (κ2) is 9.51. The van der Waals surface area contributed by atoms with Gasteiger partial charge < -0.3 is 20.4 Å². The number of benzene rings is 2. The SMILES string of the molecule is COc1ccc(CCN2C(=O)N[C@H](CCC(=O)NCc3nc4ccccc4[nH]3)C2=O)cc1. The van der Waals surface area contributed by atoms with Crippen LogP contribution in [0, 0.1) is 0 Å². The van der Waals surface area contributed by atoms with Gasteiger partial charge in [-0.15, -0.1) is 0 Å². The number of methoxy groups -OCH3 is 1. The van der Waals surface area contributed by atoms with E-state index in [2.05, 4.69) is 20.6 Å². The summed E-state index contributed by atoms with van der Waals surface area (Å²) in [6.45, 7) is 0.554. The van der Waals surface area contributed by atoms with Crippen LogP contribution in [0.25, 0.3) is 11.0 Å². The first-order valence-corrected chi connectivity index (χ1v) is 10.5. The lowest BCUT2D eigenvalue weighted by atomic mass is 10.1. The molecule has 0 bridgehead atoms. The Kier molecular flexibility index (Phi) is 6.34. The molecule has 0 unspecified atom stereocenters. The monoisotopic (exact) mass is 435 g/mol. The highest BCUT2D eigenvalue weighted by Gasteiger charge is 2.37. The molecule has 3 N–H and O–H groups in total. The fraction of sp³-hybridized carbons (Fsp3) is 0.304. The molecule has 1 saturated heterocycles. The molecule has 0 aliphatic carbocycles. The molecule has 4 amide bonds. The zero-order chi connectivity index (χ0) is 22.5. The summed E-state index contributed by atoms with van der Waals surface area (Å²) in [5, 5.41) is 5.47. The van der Waals surface area contributed by atoms with E-state index in [1.807, 2.05) is 48.5 Å². The molecule has 1 aromatic heterocycles. The fourth-order valence-corrected chi connectivity index (χ4v) is 3.65. The summed E-state index contributed by atoms with van der Waals surface area (Å²) in [5.74, 6) is 0.912. The molecule has 9 heteroatoms. The number of amides is 4. The minimum atomic E-state index is -0.685. The number of carbonyl (C=O) groups excluding carboxylic acids is 3. The van der Waals surface area contributed by atoms with Gasteiger partial charge in [0.25, 0.3) is 5.91 Å². The number of urea groups is 1. The maximum Gasteiger partial charge on any atom is 0.324 e. The molecule has 1 aliphatic rings. The van der Waals surface area contributed by atoms with E-state index in [1.54, 1.807) is 7.11 Å². The van der Waals surface area contributed by atoms with E-state index >= 15 is 0 Å². The van der Waals surface area contributed by atoms with Crippen molar-refractivity contribution in [2.45, 2.75) is 31.8 Å². The molecular formula is C23H25N5O4. The number of para-hydroxylation sites is 2. The number of imide groups is 1. The maximum atomic E-state index is 12.6. The van der Waals surface area contributed by atoms with E-state index in [0.29, 0.717) is 12.2 Å². The minimum Gasteiger partial charge on any atom is -0.497 e. The normalized spacial score (nSPS) is 15.8. The van der Waals surface area contributed by atoms with Crippen molar-refractivity contribution < 1.29 is 19.1 Å². The average Bonchev–Trinajstić information content (AvgIpc) is 3.35. The van der Waals surface area contributed by atoms with Gasteiger partial charge >= 0.3 is 6.03 Å². The number of ether oxygens (including phenoxy) is 1. The zero-order valence-electron chi connectivity index (χ0n) is 17.8. The molecule has 0 saturated carbocycles. The first kappa shape index (κ1) is 21.4. The van der Waals surface area contributed by atoms with Gasteiger partial charge in [-0.25, -0.2) is 9.78 Å². The molecule has 166 valence electrons. The van der Waals surface area contributed by atoms with E-state index in [0.717, 1.165) is 22.3 Å². The van der Waals surface area contributed by atoms with E-state index in [-0.39, 0.29) is 37.7 Å². The van der Waals surface area contributed by atoms with Crippen LogP contribution in [-0.2, 0) is 22.6 Å². The number of rotatable bonds is 9. The predicted octanol–water partition coefficient (Wildman–Crippen LogP) is 2.13. The third-order valence-electron chi connectivity index (χ3n) is 5.44. The molecular weight excluding hydrogens is 410 g/mol. The van der Waals surface area contributed by atoms with Gasteiger partial charge in [0, 0.05) is 13.0 Å².